The zero-order valence-electron chi connectivity index (χ0n) is 12.4. The third kappa shape index (κ3) is 3.48. The van der Waals surface area contributed by atoms with Crippen molar-refractivity contribution in [1.82, 2.24) is 10.3 Å². The molecule has 9 heteroatoms. The molecule has 3 rings (SSSR count). The molecule has 0 bridgehead atoms. The Morgan fingerprint density at radius 3 is 2.70 bits per heavy atom. The average Bonchev–Trinajstić information content (AvgIpc) is 2.88. The number of carboxylic acid groups (broad SMARTS) is 1. The summed E-state index contributed by atoms with van der Waals surface area (Å²) in [5.41, 5.74) is 0. The van der Waals surface area contributed by atoms with Crippen LogP contribution in [-0.4, -0.2) is 61.0 Å². The van der Waals surface area contributed by atoms with Crippen molar-refractivity contribution < 1.29 is 19.4 Å². The summed E-state index contributed by atoms with van der Waals surface area (Å²) >= 11 is 6.17. The first-order valence-electron chi connectivity index (χ1n) is 7.36. The minimum atomic E-state index is -1.21. The van der Waals surface area contributed by atoms with E-state index in [-0.39, 0.29) is 5.91 Å². The predicted octanol–water partition coefficient (Wildman–Crippen LogP) is 0.944. The second-order valence-electron chi connectivity index (χ2n) is 5.38. The van der Waals surface area contributed by atoms with Crippen molar-refractivity contribution in [2.45, 2.75) is 12.5 Å². The van der Waals surface area contributed by atoms with E-state index in [0.717, 1.165) is 0 Å². The predicted molar refractivity (Wildman–Crippen MR) is 84.2 cm³/mol. The van der Waals surface area contributed by atoms with Crippen molar-refractivity contribution in [2.24, 2.45) is 0 Å². The SMILES string of the molecule is O=C(O)NC1CCN(c2cc(Cl)cc(N3CCOCC3)n2)C1=O. The van der Waals surface area contributed by atoms with Crippen molar-refractivity contribution in [3.8, 4) is 0 Å². The van der Waals surface area contributed by atoms with Gasteiger partial charge in [-0.05, 0) is 18.6 Å². The van der Waals surface area contributed by atoms with E-state index in [0.29, 0.717) is 55.9 Å². The molecule has 0 saturated carbocycles. The maximum atomic E-state index is 12.3. The number of nitrogens with zero attached hydrogens (tertiary/aromatic N) is 3. The lowest BCUT2D eigenvalue weighted by Crippen LogP contribution is -2.41. The molecule has 2 N–H and O–H groups in total. The molecule has 23 heavy (non-hydrogen) atoms. The fraction of sp³-hybridized carbons (Fsp3) is 0.500. The van der Waals surface area contributed by atoms with Gasteiger partial charge in [0.1, 0.15) is 17.7 Å². The number of nitrogens with one attached hydrogen (secondary N) is 1. The molecule has 2 amide bonds. The number of morpholine rings is 1. The first kappa shape index (κ1) is 15.8. The Morgan fingerprint density at radius 1 is 1.30 bits per heavy atom. The number of rotatable bonds is 3. The fourth-order valence-corrected chi connectivity index (χ4v) is 2.95. The van der Waals surface area contributed by atoms with Crippen LogP contribution in [0.1, 0.15) is 6.42 Å². The van der Waals surface area contributed by atoms with Gasteiger partial charge in [0, 0.05) is 24.7 Å². The van der Waals surface area contributed by atoms with Crippen LogP contribution in [0, 0.1) is 0 Å². The van der Waals surface area contributed by atoms with Gasteiger partial charge in [0.15, 0.2) is 0 Å². The van der Waals surface area contributed by atoms with E-state index in [2.05, 4.69) is 10.3 Å². The molecule has 2 saturated heterocycles. The summed E-state index contributed by atoms with van der Waals surface area (Å²) in [6.07, 6.45) is -0.801. The molecule has 0 aromatic carbocycles. The van der Waals surface area contributed by atoms with E-state index in [1.807, 2.05) is 4.90 Å². The van der Waals surface area contributed by atoms with Gasteiger partial charge < -0.3 is 20.1 Å². The molecular weight excluding hydrogens is 324 g/mol. The van der Waals surface area contributed by atoms with Crippen molar-refractivity contribution >= 4 is 35.2 Å². The Balaban J connectivity index is 1.81. The van der Waals surface area contributed by atoms with Crippen LogP contribution >= 0.6 is 11.6 Å². The molecule has 2 aliphatic rings. The van der Waals surface area contributed by atoms with Crippen LogP contribution in [0.4, 0.5) is 16.4 Å². The van der Waals surface area contributed by atoms with Gasteiger partial charge in [-0.25, -0.2) is 9.78 Å². The number of halogens is 1. The van der Waals surface area contributed by atoms with Crippen LogP contribution < -0.4 is 15.1 Å². The molecule has 1 atom stereocenters. The maximum Gasteiger partial charge on any atom is 0.405 e. The molecule has 1 unspecified atom stereocenters. The lowest BCUT2D eigenvalue weighted by Gasteiger charge is -2.29. The second-order valence-corrected chi connectivity index (χ2v) is 5.82. The fourth-order valence-electron chi connectivity index (χ4n) is 2.75. The highest BCUT2D eigenvalue weighted by Gasteiger charge is 2.34. The van der Waals surface area contributed by atoms with Gasteiger partial charge >= 0.3 is 6.09 Å². The Bertz CT molecular complexity index is 621. The number of carbonyl (C=O) groups excluding carboxylic acids is 1. The third-order valence-electron chi connectivity index (χ3n) is 3.88. The van der Waals surface area contributed by atoms with Gasteiger partial charge in [-0.15, -0.1) is 0 Å². The Kier molecular flexibility index (Phi) is 4.53. The number of amides is 2. The molecular formula is C14H17ClN4O4. The van der Waals surface area contributed by atoms with Crippen LogP contribution in [0.15, 0.2) is 12.1 Å². The lowest BCUT2D eigenvalue weighted by molar-refractivity contribution is -0.118. The van der Waals surface area contributed by atoms with E-state index < -0.39 is 12.1 Å². The Labute approximate surface area is 138 Å². The summed E-state index contributed by atoms with van der Waals surface area (Å²) in [4.78, 5) is 31.1. The minimum absolute atomic E-state index is 0.310. The quantitative estimate of drug-likeness (QED) is 0.850. The highest BCUT2D eigenvalue weighted by molar-refractivity contribution is 6.31. The van der Waals surface area contributed by atoms with Crippen LogP contribution in [0.2, 0.25) is 5.02 Å². The van der Waals surface area contributed by atoms with Gasteiger partial charge in [-0.2, -0.15) is 0 Å². The number of hydrogen-bond donors (Lipinski definition) is 2. The number of anilines is 2. The molecule has 0 radical (unpaired) electrons. The summed E-state index contributed by atoms with van der Waals surface area (Å²) in [7, 11) is 0. The number of pyridine rings is 1. The minimum Gasteiger partial charge on any atom is -0.465 e. The Morgan fingerprint density at radius 2 is 2.00 bits per heavy atom. The van der Waals surface area contributed by atoms with Gasteiger partial charge in [0.05, 0.1) is 13.2 Å². The number of carbonyl (C=O) groups is 2. The van der Waals surface area contributed by atoms with Crippen LogP contribution in [-0.2, 0) is 9.53 Å². The maximum absolute atomic E-state index is 12.3. The van der Waals surface area contributed by atoms with Crippen LogP contribution in [0.5, 0.6) is 0 Å². The summed E-state index contributed by atoms with van der Waals surface area (Å²) in [5, 5.41) is 11.5. The molecule has 1 aromatic heterocycles. The molecule has 0 spiro atoms. The van der Waals surface area contributed by atoms with Gasteiger partial charge in [-0.3, -0.25) is 9.69 Å². The first-order chi connectivity index (χ1) is 11.0. The highest BCUT2D eigenvalue weighted by atomic mass is 35.5. The van der Waals surface area contributed by atoms with Crippen molar-refractivity contribution in [2.75, 3.05) is 42.6 Å². The Hall–Kier alpha value is -2.06. The molecule has 124 valence electrons. The number of ether oxygens (including phenoxy) is 1. The lowest BCUT2D eigenvalue weighted by atomic mass is 10.2. The summed E-state index contributed by atoms with van der Waals surface area (Å²) in [6.45, 7) is 3.07. The highest BCUT2D eigenvalue weighted by Crippen LogP contribution is 2.27. The summed E-state index contributed by atoms with van der Waals surface area (Å²) in [5.74, 6) is 0.826. The van der Waals surface area contributed by atoms with Crippen molar-refractivity contribution in [1.29, 1.82) is 0 Å². The van der Waals surface area contributed by atoms with Crippen LogP contribution in [0.3, 0.4) is 0 Å². The van der Waals surface area contributed by atoms with E-state index in [1.165, 1.54) is 4.90 Å². The normalized spacial score (nSPS) is 21.6. The zero-order valence-corrected chi connectivity index (χ0v) is 13.1. The van der Waals surface area contributed by atoms with Gasteiger partial charge in [-0.1, -0.05) is 11.6 Å². The monoisotopic (exact) mass is 340 g/mol. The molecule has 0 aliphatic carbocycles. The van der Waals surface area contributed by atoms with Crippen molar-refractivity contribution in [3.63, 3.8) is 0 Å². The largest absolute Gasteiger partial charge is 0.465 e. The molecule has 3 heterocycles. The molecule has 8 nitrogen and oxygen atoms in total. The smallest absolute Gasteiger partial charge is 0.405 e. The van der Waals surface area contributed by atoms with Gasteiger partial charge in [0.25, 0.3) is 5.91 Å². The average molecular weight is 341 g/mol. The van der Waals surface area contributed by atoms with E-state index in [9.17, 15) is 9.59 Å². The van der Waals surface area contributed by atoms with E-state index >= 15 is 0 Å². The second kappa shape index (κ2) is 6.59. The number of hydrogen-bond acceptors (Lipinski definition) is 5. The van der Waals surface area contributed by atoms with Crippen LogP contribution in [0.25, 0.3) is 0 Å². The molecule has 2 fully saturated rings. The summed E-state index contributed by atoms with van der Waals surface area (Å²) < 4.78 is 5.32. The van der Waals surface area contributed by atoms with Gasteiger partial charge in [0.2, 0.25) is 0 Å². The topological polar surface area (TPSA) is 95.0 Å². The van der Waals surface area contributed by atoms with E-state index in [4.69, 9.17) is 21.4 Å². The first-order valence-corrected chi connectivity index (χ1v) is 7.73. The van der Waals surface area contributed by atoms with Crippen molar-refractivity contribution in [3.05, 3.63) is 17.2 Å². The number of aromatic nitrogens is 1. The molecule has 1 aromatic rings. The molecule has 2 aliphatic heterocycles. The summed E-state index contributed by atoms with van der Waals surface area (Å²) in [6, 6.07) is 2.64. The standard InChI is InChI=1S/C14H17ClN4O4/c15-9-7-11(18-3-5-23-6-4-18)17-12(8-9)19-2-1-10(13(19)20)16-14(21)22/h7-8,10,16H,1-6H2,(H,21,22). The van der Waals surface area contributed by atoms with E-state index in [1.54, 1.807) is 12.1 Å². The zero-order chi connectivity index (χ0) is 16.4. The third-order valence-corrected chi connectivity index (χ3v) is 4.10.